The van der Waals surface area contributed by atoms with Crippen molar-refractivity contribution >= 4 is 5.97 Å². The largest absolute Gasteiger partial charge is 0.486 e. The molecule has 0 saturated carbocycles. The van der Waals surface area contributed by atoms with Crippen LogP contribution in [0, 0.1) is 0 Å². The van der Waals surface area contributed by atoms with Crippen molar-refractivity contribution in [3.05, 3.63) is 36.0 Å². The number of benzene rings is 1. The molecule has 1 N–H and O–H groups in total. The van der Waals surface area contributed by atoms with Crippen molar-refractivity contribution in [1.29, 1.82) is 0 Å². The maximum atomic E-state index is 11.0. The van der Waals surface area contributed by atoms with Gasteiger partial charge in [-0.25, -0.2) is 4.79 Å². The van der Waals surface area contributed by atoms with E-state index in [1.54, 1.807) is 23.7 Å². The fraction of sp³-hybridized carbons (Fsp3) is 0.214. The van der Waals surface area contributed by atoms with Crippen LogP contribution < -0.4 is 9.47 Å². The number of nitrogens with zero attached hydrogens (tertiary/aromatic N) is 1. The molecule has 0 atom stereocenters. The first-order valence-electron chi connectivity index (χ1n) is 5.96. The van der Waals surface area contributed by atoms with Crippen LogP contribution in [0.1, 0.15) is 10.5 Å². The van der Waals surface area contributed by atoms with Gasteiger partial charge in [-0.3, -0.25) is 0 Å². The number of aromatic nitrogens is 1. The van der Waals surface area contributed by atoms with Crippen LogP contribution in [0.3, 0.4) is 0 Å². The molecule has 1 aromatic heterocycles. The Bertz CT molecular complexity index is 645. The van der Waals surface area contributed by atoms with Gasteiger partial charge in [0.05, 0.1) is 0 Å². The molecule has 0 spiro atoms. The number of fused-ring (bicyclic) bond motifs is 1. The normalized spacial score (nSPS) is 13.3. The van der Waals surface area contributed by atoms with E-state index in [9.17, 15) is 4.79 Å². The van der Waals surface area contributed by atoms with Crippen LogP contribution in [0.5, 0.6) is 11.5 Å². The molecule has 0 saturated heterocycles. The number of carboxylic acids is 1. The van der Waals surface area contributed by atoms with Gasteiger partial charge in [0.25, 0.3) is 0 Å². The Hall–Kier alpha value is -2.43. The van der Waals surface area contributed by atoms with Gasteiger partial charge in [0.2, 0.25) is 0 Å². The Kier molecular flexibility index (Phi) is 2.67. The quantitative estimate of drug-likeness (QED) is 0.897. The standard InChI is InChI=1S/C14H13NO4/c1-15-10(3-4-11(15)14(16)17)9-2-5-12-13(8-9)19-7-6-18-12/h2-5,8H,6-7H2,1H3,(H,16,17). The number of hydrogen-bond donors (Lipinski definition) is 1. The van der Waals surface area contributed by atoms with E-state index in [0.717, 1.165) is 17.0 Å². The molecule has 1 aliphatic heterocycles. The molecule has 0 aliphatic carbocycles. The summed E-state index contributed by atoms with van der Waals surface area (Å²) >= 11 is 0. The highest BCUT2D eigenvalue weighted by Gasteiger charge is 2.16. The summed E-state index contributed by atoms with van der Waals surface area (Å²) in [5.41, 5.74) is 1.98. The van der Waals surface area contributed by atoms with Gasteiger partial charge in [-0.2, -0.15) is 0 Å². The Balaban J connectivity index is 2.05. The summed E-state index contributed by atoms with van der Waals surface area (Å²) in [7, 11) is 1.73. The average Bonchev–Trinajstić information content (AvgIpc) is 2.80. The van der Waals surface area contributed by atoms with Crippen molar-refractivity contribution in [1.82, 2.24) is 4.57 Å². The van der Waals surface area contributed by atoms with Crippen LogP contribution in [0.25, 0.3) is 11.3 Å². The van der Waals surface area contributed by atoms with Gasteiger partial charge < -0.3 is 19.1 Å². The molecule has 0 fully saturated rings. The summed E-state index contributed by atoms with van der Waals surface area (Å²) in [6.45, 7) is 1.09. The molecule has 5 nitrogen and oxygen atoms in total. The molecule has 1 aliphatic rings. The Labute approximate surface area is 110 Å². The van der Waals surface area contributed by atoms with Crippen LogP contribution in [-0.4, -0.2) is 28.9 Å². The molecule has 1 aromatic carbocycles. The van der Waals surface area contributed by atoms with Crippen molar-refractivity contribution in [2.45, 2.75) is 0 Å². The van der Waals surface area contributed by atoms with Gasteiger partial charge in [-0.15, -0.1) is 0 Å². The van der Waals surface area contributed by atoms with Crippen molar-refractivity contribution in [2.75, 3.05) is 13.2 Å². The number of ether oxygens (including phenoxy) is 2. The van der Waals surface area contributed by atoms with Gasteiger partial charge in [0.1, 0.15) is 18.9 Å². The summed E-state index contributed by atoms with van der Waals surface area (Å²) in [4.78, 5) is 11.0. The van der Waals surface area contributed by atoms with Gasteiger partial charge in [-0.1, -0.05) is 0 Å². The first-order valence-corrected chi connectivity index (χ1v) is 5.96. The SMILES string of the molecule is Cn1c(C(=O)O)ccc1-c1ccc2c(c1)OCCO2. The lowest BCUT2D eigenvalue weighted by atomic mass is 10.1. The second-order valence-corrected chi connectivity index (χ2v) is 4.33. The van der Waals surface area contributed by atoms with E-state index >= 15 is 0 Å². The summed E-state index contributed by atoms with van der Waals surface area (Å²) in [5.74, 6) is 0.482. The average molecular weight is 259 g/mol. The van der Waals surface area contributed by atoms with E-state index in [-0.39, 0.29) is 5.69 Å². The molecule has 2 aromatic rings. The van der Waals surface area contributed by atoms with E-state index < -0.39 is 5.97 Å². The second-order valence-electron chi connectivity index (χ2n) is 4.33. The van der Waals surface area contributed by atoms with E-state index in [1.807, 2.05) is 18.2 Å². The second kappa shape index (κ2) is 4.35. The van der Waals surface area contributed by atoms with Crippen LogP contribution in [-0.2, 0) is 7.05 Å². The van der Waals surface area contributed by atoms with Crippen molar-refractivity contribution in [2.24, 2.45) is 7.05 Å². The molecule has 98 valence electrons. The topological polar surface area (TPSA) is 60.7 Å². The Morgan fingerprint density at radius 3 is 2.58 bits per heavy atom. The predicted molar refractivity (Wildman–Crippen MR) is 68.8 cm³/mol. The fourth-order valence-electron chi connectivity index (χ4n) is 2.22. The number of rotatable bonds is 2. The highest BCUT2D eigenvalue weighted by Crippen LogP contribution is 2.34. The molecule has 0 radical (unpaired) electrons. The Morgan fingerprint density at radius 2 is 1.89 bits per heavy atom. The minimum atomic E-state index is -0.939. The van der Waals surface area contributed by atoms with E-state index in [4.69, 9.17) is 14.6 Å². The van der Waals surface area contributed by atoms with Gasteiger partial charge in [-0.05, 0) is 30.3 Å². The molecular formula is C14H13NO4. The first-order chi connectivity index (χ1) is 9.16. The first kappa shape index (κ1) is 11.6. The maximum absolute atomic E-state index is 11.0. The van der Waals surface area contributed by atoms with E-state index in [1.165, 1.54) is 0 Å². The third-order valence-electron chi connectivity index (χ3n) is 3.18. The predicted octanol–water partition coefficient (Wildman–Crippen LogP) is 2.16. The minimum Gasteiger partial charge on any atom is -0.486 e. The highest BCUT2D eigenvalue weighted by molar-refractivity contribution is 5.87. The van der Waals surface area contributed by atoms with Gasteiger partial charge in [0.15, 0.2) is 11.5 Å². The smallest absolute Gasteiger partial charge is 0.352 e. The van der Waals surface area contributed by atoms with E-state index in [0.29, 0.717) is 19.0 Å². The molecule has 0 unspecified atom stereocenters. The molecular weight excluding hydrogens is 246 g/mol. The minimum absolute atomic E-state index is 0.255. The molecule has 0 bridgehead atoms. The fourth-order valence-corrected chi connectivity index (χ4v) is 2.22. The molecule has 2 heterocycles. The lowest BCUT2D eigenvalue weighted by Crippen LogP contribution is -2.15. The van der Waals surface area contributed by atoms with Gasteiger partial charge in [0, 0.05) is 18.3 Å². The number of hydrogen-bond acceptors (Lipinski definition) is 3. The number of carboxylic acid groups (broad SMARTS) is 1. The number of aromatic carboxylic acids is 1. The van der Waals surface area contributed by atoms with E-state index in [2.05, 4.69) is 0 Å². The van der Waals surface area contributed by atoms with Crippen LogP contribution in [0.2, 0.25) is 0 Å². The zero-order chi connectivity index (χ0) is 13.4. The maximum Gasteiger partial charge on any atom is 0.352 e. The molecule has 0 amide bonds. The van der Waals surface area contributed by atoms with Crippen LogP contribution in [0.15, 0.2) is 30.3 Å². The number of carbonyl (C=O) groups is 1. The van der Waals surface area contributed by atoms with Crippen LogP contribution >= 0.6 is 0 Å². The summed E-state index contributed by atoms with van der Waals surface area (Å²) < 4.78 is 12.6. The van der Waals surface area contributed by atoms with Crippen molar-refractivity contribution in [3.63, 3.8) is 0 Å². The van der Waals surface area contributed by atoms with Gasteiger partial charge >= 0.3 is 5.97 Å². The summed E-state index contributed by atoms with van der Waals surface area (Å²) in [6, 6.07) is 8.99. The Morgan fingerprint density at radius 1 is 1.16 bits per heavy atom. The molecule has 19 heavy (non-hydrogen) atoms. The monoisotopic (exact) mass is 259 g/mol. The summed E-state index contributed by atoms with van der Waals surface area (Å²) in [6.07, 6.45) is 0. The highest BCUT2D eigenvalue weighted by atomic mass is 16.6. The van der Waals surface area contributed by atoms with Crippen molar-refractivity contribution < 1.29 is 19.4 Å². The summed E-state index contributed by atoms with van der Waals surface area (Å²) in [5, 5.41) is 9.05. The zero-order valence-corrected chi connectivity index (χ0v) is 10.4. The van der Waals surface area contributed by atoms with Crippen LogP contribution in [0.4, 0.5) is 0 Å². The lowest BCUT2D eigenvalue weighted by molar-refractivity contribution is 0.0687. The molecule has 5 heteroatoms. The molecule has 3 rings (SSSR count). The third-order valence-corrected chi connectivity index (χ3v) is 3.18. The zero-order valence-electron chi connectivity index (χ0n) is 10.4. The van der Waals surface area contributed by atoms with Crippen molar-refractivity contribution in [3.8, 4) is 22.8 Å². The lowest BCUT2D eigenvalue weighted by Gasteiger charge is -2.19. The third kappa shape index (κ3) is 1.93.